The number of amides is 2. The Labute approximate surface area is 143 Å². The lowest BCUT2D eigenvalue weighted by Gasteiger charge is -2.42. The van der Waals surface area contributed by atoms with Gasteiger partial charge in [-0.2, -0.15) is 0 Å². The summed E-state index contributed by atoms with van der Waals surface area (Å²) in [5.41, 5.74) is -0.602. The molecule has 144 valence electrons. The highest BCUT2D eigenvalue weighted by Gasteiger charge is 2.49. The second-order valence-corrected chi connectivity index (χ2v) is 7.25. The quantitative estimate of drug-likeness (QED) is 0.753. The first kappa shape index (κ1) is 19.8. The maximum Gasteiger partial charge on any atom is 0.524 e. The van der Waals surface area contributed by atoms with Crippen LogP contribution in [0.4, 0.5) is 18.0 Å². The first-order valence-corrected chi connectivity index (χ1v) is 8.06. The SMILES string of the molecule is CC(C)(C)OC(=O)N1CC(NC(=O)COC2(OC(F)(F)F)CCC2)C1. The van der Waals surface area contributed by atoms with Gasteiger partial charge in [0.25, 0.3) is 0 Å². The molecule has 0 aromatic carbocycles. The lowest BCUT2D eigenvalue weighted by molar-refractivity contribution is -0.432. The molecule has 0 radical (unpaired) electrons. The number of ether oxygens (including phenoxy) is 3. The van der Waals surface area contributed by atoms with Crippen LogP contribution in [0.2, 0.25) is 0 Å². The summed E-state index contributed by atoms with van der Waals surface area (Å²) in [6.07, 6.45) is -4.55. The molecule has 2 amide bonds. The number of carbonyl (C=O) groups excluding carboxylic acids is 2. The van der Waals surface area contributed by atoms with E-state index in [-0.39, 0.29) is 32.0 Å². The summed E-state index contributed by atoms with van der Waals surface area (Å²) >= 11 is 0. The van der Waals surface area contributed by atoms with Crippen LogP contribution in [0.5, 0.6) is 0 Å². The van der Waals surface area contributed by atoms with E-state index in [4.69, 9.17) is 9.47 Å². The lowest BCUT2D eigenvalue weighted by atomic mass is 9.91. The van der Waals surface area contributed by atoms with Gasteiger partial charge in [0.1, 0.15) is 12.2 Å². The van der Waals surface area contributed by atoms with Crippen LogP contribution in [0.3, 0.4) is 0 Å². The van der Waals surface area contributed by atoms with E-state index in [1.165, 1.54) is 4.90 Å². The molecule has 25 heavy (non-hydrogen) atoms. The van der Waals surface area contributed by atoms with E-state index < -0.39 is 36.4 Å². The summed E-state index contributed by atoms with van der Waals surface area (Å²) in [7, 11) is 0. The highest BCUT2D eigenvalue weighted by atomic mass is 19.4. The molecule has 1 aliphatic carbocycles. The highest BCUT2D eigenvalue weighted by molar-refractivity contribution is 5.78. The normalized spacial score (nSPS) is 20.5. The van der Waals surface area contributed by atoms with Crippen LogP contribution >= 0.6 is 0 Å². The number of rotatable bonds is 5. The largest absolute Gasteiger partial charge is 0.524 e. The van der Waals surface area contributed by atoms with Crippen molar-refractivity contribution >= 4 is 12.0 Å². The minimum atomic E-state index is -4.81. The highest BCUT2D eigenvalue weighted by Crippen LogP contribution is 2.41. The van der Waals surface area contributed by atoms with E-state index >= 15 is 0 Å². The molecule has 2 aliphatic rings. The fourth-order valence-electron chi connectivity index (χ4n) is 2.46. The van der Waals surface area contributed by atoms with Gasteiger partial charge < -0.3 is 19.7 Å². The molecule has 1 heterocycles. The van der Waals surface area contributed by atoms with Crippen LogP contribution in [0.15, 0.2) is 0 Å². The number of nitrogens with one attached hydrogen (secondary N) is 1. The maximum absolute atomic E-state index is 12.4. The van der Waals surface area contributed by atoms with E-state index in [1.807, 2.05) is 0 Å². The topological polar surface area (TPSA) is 77.1 Å². The van der Waals surface area contributed by atoms with Crippen LogP contribution in [-0.4, -0.2) is 60.4 Å². The number of nitrogens with zero attached hydrogens (tertiary/aromatic N) is 1. The van der Waals surface area contributed by atoms with Crippen LogP contribution in [-0.2, 0) is 19.0 Å². The number of carbonyl (C=O) groups is 2. The predicted octanol–water partition coefficient (Wildman–Crippen LogP) is 2.16. The molecule has 10 heteroatoms. The van der Waals surface area contributed by atoms with Crippen molar-refractivity contribution < 1.29 is 37.0 Å². The summed E-state index contributed by atoms with van der Waals surface area (Å²) < 4.78 is 51.3. The van der Waals surface area contributed by atoms with Crippen molar-refractivity contribution in [3.8, 4) is 0 Å². The van der Waals surface area contributed by atoms with Crippen molar-refractivity contribution in [2.75, 3.05) is 19.7 Å². The Kier molecular flexibility index (Phi) is 5.53. The minimum Gasteiger partial charge on any atom is -0.444 e. The summed E-state index contributed by atoms with van der Waals surface area (Å²) in [5, 5.41) is 2.60. The Morgan fingerprint density at radius 3 is 2.24 bits per heavy atom. The Hall–Kier alpha value is -1.55. The van der Waals surface area contributed by atoms with Gasteiger partial charge in [0.05, 0.1) is 6.04 Å². The van der Waals surface area contributed by atoms with E-state index in [2.05, 4.69) is 10.1 Å². The van der Waals surface area contributed by atoms with Crippen molar-refractivity contribution in [3.05, 3.63) is 0 Å². The fourth-order valence-corrected chi connectivity index (χ4v) is 2.46. The van der Waals surface area contributed by atoms with E-state index in [0.29, 0.717) is 6.42 Å². The fraction of sp³-hybridized carbons (Fsp3) is 0.867. The van der Waals surface area contributed by atoms with Crippen LogP contribution in [0.1, 0.15) is 40.0 Å². The molecule has 0 unspecified atom stereocenters. The van der Waals surface area contributed by atoms with E-state index in [0.717, 1.165) is 0 Å². The third kappa shape index (κ3) is 6.03. The monoisotopic (exact) mass is 368 g/mol. The third-order valence-electron chi connectivity index (χ3n) is 3.78. The molecule has 1 saturated carbocycles. The molecule has 0 bridgehead atoms. The molecule has 2 fully saturated rings. The Morgan fingerprint density at radius 2 is 1.80 bits per heavy atom. The summed E-state index contributed by atoms with van der Waals surface area (Å²) in [6, 6.07) is -0.274. The second kappa shape index (κ2) is 6.99. The van der Waals surface area contributed by atoms with Crippen LogP contribution in [0, 0.1) is 0 Å². The molecule has 0 atom stereocenters. The van der Waals surface area contributed by atoms with Crippen molar-refractivity contribution in [3.63, 3.8) is 0 Å². The molecule has 7 nitrogen and oxygen atoms in total. The van der Waals surface area contributed by atoms with Gasteiger partial charge in [-0.05, 0) is 27.2 Å². The first-order chi connectivity index (χ1) is 11.4. The molecule has 0 aromatic rings. The zero-order valence-electron chi connectivity index (χ0n) is 14.4. The van der Waals surface area contributed by atoms with Crippen LogP contribution in [0.25, 0.3) is 0 Å². The van der Waals surface area contributed by atoms with E-state index in [9.17, 15) is 22.8 Å². The average molecular weight is 368 g/mol. The van der Waals surface area contributed by atoms with E-state index in [1.54, 1.807) is 20.8 Å². The molecule has 2 rings (SSSR count). The Bertz CT molecular complexity index is 508. The zero-order chi connectivity index (χ0) is 18.9. The molecule has 1 aliphatic heterocycles. The number of likely N-dealkylation sites (tertiary alicyclic amines) is 1. The number of alkyl halides is 3. The molecule has 1 saturated heterocycles. The molecule has 1 N–H and O–H groups in total. The molecule has 0 aromatic heterocycles. The standard InChI is InChI=1S/C15H23F3N2O5/c1-13(2,3)24-12(22)20-7-10(8-20)19-11(21)9-23-14(5-4-6-14)25-15(16,17)18/h10H,4-9H2,1-3H3,(H,19,21). The summed E-state index contributed by atoms with van der Waals surface area (Å²) in [4.78, 5) is 25.0. The van der Waals surface area contributed by atoms with Gasteiger partial charge in [-0.1, -0.05) is 0 Å². The third-order valence-corrected chi connectivity index (χ3v) is 3.78. The molecular weight excluding hydrogens is 345 g/mol. The zero-order valence-corrected chi connectivity index (χ0v) is 14.4. The summed E-state index contributed by atoms with van der Waals surface area (Å²) in [6.45, 7) is 5.29. The maximum atomic E-state index is 12.4. The van der Waals surface area contributed by atoms with Gasteiger partial charge in [0.2, 0.25) is 5.91 Å². The lowest BCUT2D eigenvalue weighted by Crippen LogP contribution is -2.62. The van der Waals surface area contributed by atoms with Gasteiger partial charge in [0, 0.05) is 25.9 Å². The number of hydrogen-bond acceptors (Lipinski definition) is 5. The molecular formula is C15H23F3N2O5. The molecule has 0 spiro atoms. The number of hydrogen-bond donors (Lipinski definition) is 1. The van der Waals surface area contributed by atoms with Gasteiger partial charge in [-0.15, -0.1) is 13.2 Å². The Balaban J connectivity index is 1.68. The van der Waals surface area contributed by atoms with Crippen molar-refractivity contribution in [2.24, 2.45) is 0 Å². The summed E-state index contributed by atoms with van der Waals surface area (Å²) in [5.74, 6) is -2.30. The average Bonchev–Trinajstić information content (AvgIpc) is 2.32. The minimum absolute atomic E-state index is 0.0929. The van der Waals surface area contributed by atoms with Crippen LogP contribution < -0.4 is 5.32 Å². The van der Waals surface area contributed by atoms with Gasteiger partial charge in [-0.3, -0.25) is 9.53 Å². The van der Waals surface area contributed by atoms with Gasteiger partial charge in [-0.25, -0.2) is 4.79 Å². The number of halogens is 3. The predicted molar refractivity (Wildman–Crippen MR) is 79.4 cm³/mol. The van der Waals surface area contributed by atoms with Crippen molar-refractivity contribution in [1.82, 2.24) is 10.2 Å². The second-order valence-electron chi connectivity index (χ2n) is 7.25. The van der Waals surface area contributed by atoms with Crippen molar-refractivity contribution in [1.29, 1.82) is 0 Å². The first-order valence-electron chi connectivity index (χ1n) is 8.06. The van der Waals surface area contributed by atoms with Gasteiger partial charge in [0.15, 0.2) is 5.79 Å². The van der Waals surface area contributed by atoms with Crippen molar-refractivity contribution in [2.45, 2.75) is 63.8 Å². The Morgan fingerprint density at radius 1 is 1.20 bits per heavy atom. The smallest absolute Gasteiger partial charge is 0.444 e. The van der Waals surface area contributed by atoms with Gasteiger partial charge >= 0.3 is 12.5 Å².